The van der Waals surface area contributed by atoms with Crippen LogP contribution in [0.1, 0.15) is 60.9 Å². The number of carbonyl (C=O) groups is 1. The first-order valence-corrected chi connectivity index (χ1v) is 11.2. The molecule has 1 aromatic carbocycles. The molecule has 3 heterocycles. The number of aromatic amines is 1. The second kappa shape index (κ2) is 7.83. The van der Waals surface area contributed by atoms with Crippen LogP contribution in [-0.2, 0) is 0 Å². The lowest BCUT2D eigenvalue weighted by atomic mass is 9.84. The maximum Gasteiger partial charge on any atom is 0.273 e. The molecule has 3 aromatic rings. The van der Waals surface area contributed by atoms with Crippen molar-refractivity contribution in [3.63, 3.8) is 0 Å². The minimum atomic E-state index is -2.82. The maximum atomic E-state index is 13.4. The van der Waals surface area contributed by atoms with Crippen molar-refractivity contribution >= 4 is 11.6 Å². The van der Waals surface area contributed by atoms with Gasteiger partial charge in [-0.25, -0.2) is 18.3 Å². The number of aromatic nitrogens is 3. The van der Waals surface area contributed by atoms with E-state index in [9.17, 15) is 18.4 Å². The summed E-state index contributed by atoms with van der Waals surface area (Å²) in [6.07, 6.45) is 7.67. The molecule has 2 aliphatic rings. The van der Waals surface area contributed by atoms with Gasteiger partial charge in [0, 0.05) is 30.9 Å². The Labute approximate surface area is 184 Å². The van der Waals surface area contributed by atoms with E-state index in [4.69, 9.17) is 0 Å². The first-order chi connectivity index (χ1) is 15.3. The third-order valence-corrected chi connectivity index (χ3v) is 6.90. The maximum absolute atomic E-state index is 13.4. The highest BCUT2D eigenvalue weighted by Crippen LogP contribution is 2.34. The minimum Gasteiger partial charge on any atom is -0.337 e. The summed E-state index contributed by atoms with van der Waals surface area (Å²) in [6.45, 7) is 0.858. The predicted octanol–water partition coefficient (Wildman–Crippen LogP) is 4.46. The molecule has 2 fully saturated rings. The van der Waals surface area contributed by atoms with Crippen LogP contribution in [0.5, 0.6) is 0 Å². The second-order valence-corrected chi connectivity index (χ2v) is 9.15. The van der Waals surface area contributed by atoms with E-state index >= 15 is 0 Å². The molecule has 1 aliphatic carbocycles. The first kappa shape index (κ1) is 20.8. The number of rotatable bonds is 4. The highest BCUT2D eigenvalue weighted by molar-refractivity contribution is 6.00. The Kier molecular flexibility index (Phi) is 5.10. The zero-order valence-corrected chi connectivity index (χ0v) is 18.0. The van der Waals surface area contributed by atoms with Crippen molar-refractivity contribution in [3.8, 4) is 11.3 Å². The number of halogens is 2. The van der Waals surface area contributed by atoms with Crippen LogP contribution in [0, 0.1) is 5.92 Å². The summed E-state index contributed by atoms with van der Waals surface area (Å²) in [6, 6.07) is 9.58. The number of nitrogens with one attached hydrogen (secondary N) is 1. The number of amides is 1. The van der Waals surface area contributed by atoms with Gasteiger partial charge in [-0.2, -0.15) is 0 Å². The number of fused-ring (bicyclic) bond motifs is 1. The van der Waals surface area contributed by atoms with E-state index in [0.717, 1.165) is 12.5 Å². The zero-order chi connectivity index (χ0) is 22.5. The number of hydrogen-bond donors (Lipinski definition) is 1. The Morgan fingerprint density at radius 3 is 2.47 bits per heavy atom. The van der Waals surface area contributed by atoms with E-state index in [2.05, 4.69) is 22.2 Å². The van der Waals surface area contributed by atoms with Gasteiger partial charge in [0.1, 0.15) is 5.56 Å². The Hall–Kier alpha value is -3.03. The average Bonchev–Trinajstić information content (AvgIpc) is 3.17. The molecule has 6 nitrogen and oxygen atoms in total. The lowest BCUT2D eigenvalue weighted by Crippen LogP contribution is -2.55. The van der Waals surface area contributed by atoms with E-state index < -0.39 is 17.7 Å². The summed E-state index contributed by atoms with van der Waals surface area (Å²) in [5.41, 5.74) is 2.69. The van der Waals surface area contributed by atoms with E-state index in [0.29, 0.717) is 11.6 Å². The lowest BCUT2D eigenvalue weighted by molar-refractivity contribution is -0.0924. The highest BCUT2D eigenvalue weighted by Gasteiger charge is 2.45. The van der Waals surface area contributed by atoms with Gasteiger partial charge in [-0.15, -0.1) is 0 Å². The zero-order valence-electron chi connectivity index (χ0n) is 18.0. The van der Waals surface area contributed by atoms with Gasteiger partial charge in [-0.3, -0.25) is 14.7 Å². The smallest absolute Gasteiger partial charge is 0.273 e. The normalized spacial score (nSPS) is 18.2. The summed E-state index contributed by atoms with van der Waals surface area (Å²) in [5, 5.41) is 2.76. The predicted molar refractivity (Wildman–Crippen MR) is 117 cm³/mol. The molecule has 0 radical (unpaired) electrons. The Morgan fingerprint density at radius 2 is 1.81 bits per heavy atom. The van der Waals surface area contributed by atoms with Crippen molar-refractivity contribution in [2.24, 2.45) is 5.92 Å². The van der Waals surface area contributed by atoms with Gasteiger partial charge < -0.3 is 4.90 Å². The van der Waals surface area contributed by atoms with Crippen LogP contribution in [0.4, 0.5) is 8.78 Å². The molecule has 8 heteroatoms. The first-order valence-electron chi connectivity index (χ1n) is 11.2. The van der Waals surface area contributed by atoms with Crippen molar-refractivity contribution in [3.05, 3.63) is 58.0 Å². The second-order valence-electron chi connectivity index (χ2n) is 9.15. The highest BCUT2D eigenvalue weighted by atomic mass is 19.3. The fraction of sp³-hybridized carbons (Fsp3) is 0.458. The molecule has 0 atom stereocenters. The number of hydrogen-bond acceptors (Lipinski definition) is 3. The summed E-state index contributed by atoms with van der Waals surface area (Å²) in [7, 11) is 0. The fourth-order valence-electron chi connectivity index (χ4n) is 4.78. The van der Waals surface area contributed by atoms with Crippen LogP contribution >= 0.6 is 0 Å². The summed E-state index contributed by atoms with van der Waals surface area (Å²) >= 11 is 0. The van der Waals surface area contributed by atoms with E-state index in [1.54, 1.807) is 0 Å². The summed E-state index contributed by atoms with van der Waals surface area (Å²) < 4.78 is 28.1. The van der Waals surface area contributed by atoms with Crippen molar-refractivity contribution in [2.75, 3.05) is 13.1 Å². The molecule has 32 heavy (non-hydrogen) atoms. The van der Waals surface area contributed by atoms with Crippen LogP contribution in [-0.4, -0.2) is 44.4 Å². The quantitative estimate of drug-likeness (QED) is 0.651. The largest absolute Gasteiger partial charge is 0.337 e. The molecule has 1 aliphatic heterocycles. The minimum absolute atomic E-state index is 0.00771. The molecule has 168 valence electrons. The molecule has 0 spiro atoms. The monoisotopic (exact) mass is 440 g/mol. The van der Waals surface area contributed by atoms with E-state index in [1.807, 2.05) is 12.1 Å². The van der Waals surface area contributed by atoms with Crippen molar-refractivity contribution in [1.29, 1.82) is 0 Å². The molecule has 0 unspecified atom stereocenters. The topological polar surface area (TPSA) is 70.5 Å². The van der Waals surface area contributed by atoms with Gasteiger partial charge >= 0.3 is 0 Å². The lowest BCUT2D eigenvalue weighted by Gasteiger charge is -2.41. The van der Waals surface area contributed by atoms with Crippen molar-refractivity contribution in [2.45, 2.75) is 50.9 Å². The molecular weight excluding hydrogens is 414 g/mol. The number of likely N-dealkylation sites (tertiary alicyclic amines) is 1. The molecule has 2 aromatic heterocycles. The Balaban J connectivity index is 1.42. The van der Waals surface area contributed by atoms with Crippen LogP contribution in [0.15, 0.2) is 41.3 Å². The summed E-state index contributed by atoms with van der Waals surface area (Å²) in [4.78, 5) is 31.4. The third kappa shape index (κ3) is 3.72. The fourth-order valence-corrected chi connectivity index (χ4v) is 4.78. The summed E-state index contributed by atoms with van der Waals surface area (Å²) in [5.74, 6) is -3.47. The molecule has 1 N–H and O–H groups in total. The molecule has 5 rings (SSSR count). The van der Waals surface area contributed by atoms with Gasteiger partial charge in [0.15, 0.2) is 5.65 Å². The van der Waals surface area contributed by atoms with Crippen LogP contribution in [0.2, 0.25) is 0 Å². The van der Waals surface area contributed by atoms with E-state index in [1.165, 1.54) is 59.3 Å². The van der Waals surface area contributed by atoms with Crippen molar-refractivity contribution in [1.82, 2.24) is 19.5 Å². The van der Waals surface area contributed by atoms with Gasteiger partial charge in [0.2, 0.25) is 0 Å². The van der Waals surface area contributed by atoms with Gasteiger partial charge in [0.05, 0.1) is 11.6 Å². The number of nitrogens with zero attached hydrogens (tertiary/aromatic N) is 3. The Morgan fingerprint density at radius 1 is 1.12 bits per heavy atom. The SMILES string of the molecule is CC(F)(F)C1CN(C(=O)c2c[nH]n3c(=O)cc(-c4ccc(C5CCCCC5)cc4)nc23)C1. The van der Waals surface area contributed by atoms with E-state index in [-0.39, 0.29) is 29.9 Å². The number of carbonyl (C=O) groups excluding carboxylic acids is 1. The van der Waals surface area contributed by atoms with Gasteiger partial charge in [-0.1, -0.05) is 43.5 Å². The molecular formula is C24H26F2N4O2. The molecule has 1 amide bonds. The number of H-pyrrole nitrogens is 1. The van der Waals surface area contributed by atoms with Crippen LogP contribution < -0.4 is 5.56 Å². The standard InChI is InChI=1S/C24H26F2N4O2/c1-24(25,26)18-13-29(14-18)23(32)19-12-27-30-21(31)11-20(28-22(19)30)17-9-7-16(8-10-17)15-5-3-2-4-6-15/h7-12,15,18,27H,2-6,13-14H2,1H3. The number of alkyl halides is 2. The van der Waals surface area contributed by atoms with Crippen LogP contribution in [0.25, 0.3) is 16.9 Å². The molecule has 1 saturated heterocycles. The van der Waals surface area contributed by atoms with Gasteiger partial charge in [-0.05, 0) is 31.2 Å². The average molecular weight is 440 g/mol. The van der Waals surface area contributed by atoms with Crippen molar-refractivity contribution < 1.29 is 13.6 Å². The molecule has 0 bridgehead atoms. The molecule has 1 saturated carbocycles. The Bertz CT molecular complexity index is 1200. The third-order valence-electron chi connectivity index (χ3n) is 6.90. The number of benzene rings is 1. The van der Waals surface area contributed by atoms with Gasteiger partial charge in [0.25, 0.3) is 17.4 Å². The van der Waals surface area contributed by atoms with Crippen LogP contribution in [0.3, 0.4) is 0 Å².